The number of rotatable bonds is 2. The van der Waals surface area contributed by atoms with Crippen molar-refractivity contribution < 1.29 is 19.4 Å². The molecule has 92 valence electrons. The largest absolute Gasteiger partial charge is 0.476 e. The number of benzene rings is 1. The van der Waals surface area contributed by atoms with Gasteiger partial charge in [-0.05, 0) is 18.2 Å². The number of imidazole rings is 1. The number of carbonyl (C=O) groups is 1. The van der Waals surface area contributed by atoms with E-state index in [4.69, 9.17) is 14.6 Å². The Kier molecular flexibility index (Phi) is 2.22. The van der Waals surface area contributed by atoms with Crippen molar-refractivity contribution in [2.24, 2.45) is 7.05 Å². The van der Waals surface area contributed by atoms with E-state index in [0.717, 1.165) is 5.56 Å². The summed E-state index contributed by atoms with van der Waals surface area (Å²) in [5.74, 6) is 0.863. The molecule has 0 atom stereocenters. The Morgan fingerprint density at radius 3 is 2.89 bits per heavy atom. The first-order valence-corrected chi connectivity index (χ1v) is 5.32. The van der Waals surface area contributed by atoms with E-state index in [1.165, 1.54) is 6.20 Å². The summed E-state index contributed by atoms with van der Waals surface area (Å²) in [6, 6.07) is 5.39. The Labute approximate surface area is 102 Å². The number of carboxylic acid groups (broad SMARTS) is 1. The van der Waals surface area contributed by atoms with Gasteiger partial charge in [-0.15, -0.1) is 0 Å². The number of hydrogen-bond acceptors (Lipinski definition) is 4. The van der Waals surface area contributed by atoms with Gasteiger partial charge in [0.05, 0.1) is 0 Å². The molecule has 0 unspecified atom stereocenters. The lowest BCUT2D eigenvalue weighted by atomic mass is 10.2. The maximum absolute atomic E-state index is 10.9. The minimum Gasteiger partial charge on any atom is -0.476 e. The number of ether oxygens (including phenoxy) is 2. The van der Waals surface area contributed by atoms with Gasteiger partial charge in [-0.25, -0.2) is 9.78 Å². The van der Waals surface area contributed by atoms with Gasteiger partial charge in [0.2, 0.25) is 6.79 Å². The molecule has 0 radical (unpaired) electrons. The Morgan fingerprint density at radius 1 is 1.39 bits per heavy atom. The molecule has 6 heteroatoms. The fourth-order valence-corrected chi connectivity index (χ4v) is 1.87. The predicted molar refractivity (Wildman–Crippen MR) is 61.7 cm³/mol. The number of carboxylic acids is 1. The van der Waals surface area contributed by atoms with Crippen LogP contribution in [-0.2, 0) is 7.05 Å². The van der Waals surface area contributed by atoms with Crippen molar-refractivity contribution in [1.82, 2.24) is 9.55 Å². The van der Waals surface area contributed by atoms with E-state index < -0.39 is 5.97 Å². The summed E-state index contributed by atoms with van der Waals surface area (Å²) in [6.45, 7) is 0.208. The van der Waals surface area contributed by atoms with Gasteiger partial charge < -0.3 is 19.1 Å². The van der Waals surface area contributed by atoms with E-state index >= 15 is 0 Å². The smallest absolute Gasteiger partial charge is 0.356 e. The second kappa shape index (κ2) is 3.76. The van der Waals surface area contributed by atoms with Crippen LogP contribution >= 0.6 is 0 Å². The quantitative estimate of drug-likeness (QED) is 0.869. The first-order valence-electron chi connectivity index (χ1n) is 5.32. The van der Waals surface area contributed by atoms with Crippen LogP contribution in [0.5, 0.6) is 11.5 Å². The van der Waals surface area contributed by atoms with Gasteiger partial charge >= 0.3 is 5.97 Å². The predicted octanol–water partition coefficient (Wildman–Crippen LogP) is 1.51. The minimum atomic E-state index is -1.04. The lowest BCUT2D eigenvalue weighted by molar-refractivity contribution is 0.0691. The summed E-state index contributed by atoms with van der Waals surface area (Å²) >= 11 is 0. The number of aromatic carboxylic acids is 1. The molecular weight excluding hydrogens is 236 g/mol. The molecule has 2 aromatic rings. The third-order valence-electron chi connectivity index (χ3n) is 2.73. The van der Waals surface area contributed by atoms with Crippen LogP contribution in [0.3, 0.4) is 0 Å². The highest BCUT2D eigenvalue weighted by molar-refractivity contribution is 5.86. The summed E-state index contributed by atoms with van der Waals surface area (Å²) in [4.78, 5) is 14.9. The van der Waals surface area contributed by atoms with E-state index in [2.05, 4.69) is 4.98 Å². The van der Waals surface area contributed by atoms with Crippen LogP contribution in [-0.4, -0.2) is 27.4 Å². The molecule has 1 aromatic carbocycles. The van der Waals surface area contributed by atoms with Crippen LogP contribution in [0.4, 0.5) is 0 Å². The molecule has 0 saturated heterocycles. The lowest BCUT2D eigenvalue weighted by Gasteiger charge is -2.02. The second-order valence-electron chi connectivity index (χ2n) is 3.93. The zero-order chi connectivity index (χ0) is 12.7. The van der Waals surface area contributed by atoms with Crippen molar-refractivity contribution in [2.45, 2.75) is 0 Å². The fraction of sp³-hybridized carbons (Fsp3) is 0.167. The van der Waals surface area contributed by atoms with Crippen LogP contribution in [0.1, 0.15) is 10.5 Å². The molecule has 3 rings (SSSR count). The summed E-state index contributed by atoms with van der Waals surface area (Å²) in [5, 5.41) is 8.90. The number of aryl methyl sites for hydroxylation is 1. The van der Waals surface area contributed by atoms with Crippen molar-refractivity contribution in [3.05, 3.63) is 30.1 Å². The number of aromatic nitrogens is 2. The van der Waals surface area contributed by atoms with E-state index in [1.807, 2.05) is 6.07 Å². The molecule has 0 aliphatic carbocycles. The van der Waals surface area contributed by atoms with Crippen LogP contribution in [0.2, 0.25) is 0 Å². The third kappa shape index (κ3) is 1.58. The highest BCUT2D eigenvalue weighted by atomic mass is 16.7. The molecule has 0 spiro atoms. The SMILES string of the molecule is Cn1cc(C(=O)O)nc1-c1ccc2c(c1)OCO2. The first kappa shape index (κ1) is 10.6. The maximum Gasteiger partial charge on any atom is 0.356 e. The minimum absolute atomic E-state index is 0.0187. The highest BCUT2D eigenvalue weighted by Crippen LogP contribution is 2.35. The molecule has 0 amide bonds. The normalized spacial score (nSPS) is 12.7. The molecule has 1 aromatic heterocycles. The second-order valence-corrected chi connectivity index (χ2v) is 3.93. The molecule has 18 heavy (non-hydrogen) atoms. The lowest BCUT2D eigenvalue weighted by Crippen LogP contribution is -1.95. The fourth-order valence-electron chi connectivity index (χ4n) is 1.87. The number of nitrogens with zero attached hydrogens (tertiary/aromatic N) is 2. The van der Waals surface area contributed by atoms with Gasteiger partial charge in [0, 0.05) is 18.8 Å². The van der Waals surface area contributed by atoms with Crippen molar-refractivity contribution in [2.75, 3.05) is 6.79 Å². The zero-order valence-corrected chi connectivity index (χ0v) is 9.58. The summed E-state index contributed by atoms with van der Waals surface area (Å²) in [7, 11) is 1.75. The standard InChI is InChI=1S/C12H10N2O4/c1-14-5-8(12(15)16)13-11(14)7-2-3-9-10(4-7)18-6-17-9/h2-5H,6H2,1H3,(H,15,16). The van der Waals surface area contributed by atoms with Crippen LogP contribution in [0.25, 0.3) is 11.4 Å². The highest BCUT2D eigenvalue weighted by Gasteiger charge is 2.17. The van der Waals surface area contributed by atoms with Gasteiger partial charge in [0.15, 0.2) is 17.2 Å². The molecule has 0 saturated carbocycles. The molecule has 0 bridgehead atoms. The van der Waals surface area contributed by atoms with Gasteiger partial charge in [-0.3, -0.25) is 0 Å². The summed E-state index contributed by atoms with van der Waals surface area (Å²) in [6.07, 6.45) is 1.47. The average Bonchev–Trinajstić information content (AvgIpc) is 2.93. The van der Waals surface area contributed by atoms with Gasteiger partial charge in [0.1, 0.15) is 5.82 Å². The zero-order valence-electron chi connectivity index (χ0n) is 9.58. The van der Waals surface area contributed by atoms with Gasteiger partial charge in [0.25, 0.3) is 0 Å². The molecule has 6 nitrogen and oxygen atoms in total. The van der Waals surface area contributed by atoms with Gasteiger partial charge in [-0.2, -0.15) is 0 Å². The topological polar surface area (TPSA) is 73.6 Å². The van der Waals surface area contributed by atoms with Crippen LogP contribution in [0.15, 0.2) is 24.4 Å². The molecule has 1 aliphatic rings. The number of fused-ring (bicyclic) bond motifs is 1. The first-order chi connectivity index (χ1) is 8.65. The van der Waals surface area contributed by atoms with Crippen LogP contribution < -0.4 is 9.47 Å². The average molecular weight is 246 g/mol. The summed E-state index contributed by atoms with van der Waals surface area (Å²) < 4.78 is 12.2. The monoisotopic (exact) mass is 246 g/mol. The van der Waals surface area contributed by atoms with Gasteiger partial charge in [-0.1, -0.05) is 0 Å². The van der Waals surface area contributed by atoms with Crippen molar-refractivity contribution in [3.8, 4) is 22.9 Å². The van der Waals surface area contributed by atoms with E-state index in [9.17, 15) is 4.79 Å². The molecular formula is C12H10N2O4. The Hall–Kier alpha value is -2.50. The molecule has 2 heterocycles. The van der Waals surface area contributed by atoms with E-state index in [0.29, 0.717) is 17.3 Å². The maximum atomic E-state index is 10.9. The molecule has 1 N–H and O–H groups in total. The Balaban J connectivity index is 2.07. The van der Waals surface area contributed by atoms with Crippen molar-refractivity contribution >= 4 is 5.97 Å². The Bertz CT molecular complexity index is 633. The van der Waals surface area contributed by atoms with Crippen molar-refractivity contribution in [1.29, 1.82) is 0 Å². The van der Waals surface area contributed by atoms with Crippen molar-refractivity contribution in [3.63, 3.8) is 0 Å². The Morgan fingerprint density at radius 2 is 2.17 bits per heavy atom. The van der Waals surface area contributed by atoms with Crippen LogP contribution in [0, 0.1) is 0 Å². The van der Waals surface area contributed by atoms with E-state index in [1.54, 1.807) is 23.7 Å². The summed E-state index contributed by atoms with van der Waals surface area (Å²) in [5.41, 5.74) is 0.805. The molecule has 0 fully saturated rings. The molecule has 1 aliphatic heterocycles. The van der Waals surface area contributed by atoms with E-state index in [-0.39, 0.29) is 12.5 Å². The third-order valence-corrected chi connectivity index (χ3v) is 2.73. The number of hydrogen-bond donors (Lipinski definition) is 1.